The van der Waals surface area contributed by atoms with Gasteiger partial charge in [-0.25, -0.2) is 0 Å². The van der Waals surface area contributed by atoms with Crippen LogP contribution in [0.25, 0.3) is 0 Å². The number of fused-ring (bicyclic) bond motifs is 2. The zero-order chi connectivity index (χ0) is 44.1. The summed E-state index contributed by atoms with van der Waals surface area (Å²) in [5.41, 5.74) is 7.37. The summed E-state index contributed by atoms with van der Waals surface area (Å²) in [5.74, 6) is 4.71. The molecular weight excluding hydrogens is 745 g/mol. The van der Waals surface area contributed by atoms with Crippen molar-refractivity contribution in [3.8, 4) is 0 Å². The van der Waals surface area contributed by atoms with Gasteiger partial charge in [-0.15, -0.1) is 0 Å². The van der Waals surface area contributed by atoms with E-state index in [1.54, 1.807) is 11.1 Å². The maximum atomic E-state index is 10.3. The second-order valence-electron chi connectivity index (χ2n) is 22.1. The van der Waals surface area contributed by atoms with Crippen molar-refractivity contribution < 1.29 is 30.6 Å². The molecule has 0 spiro atoms. The van der Waals surface area contributed by atoms with E-state index in [0.717, 1.165) is 72.7 Å². The number of allylic oxidation sites excluding steroid dienone is 6. The minimum absolute atomic E-state index is 0.180. The first-order valence-electron chi connectivity index (χ1n) is 24.5. The fourth-order valence-electron chi connectivity index (χ4n) is 13.3. The molecule has 6 nitrogen and oxygen atoms in total. The van der Waals surface area contributed by atoms with E-state index >= 15 is 0 Å². The fraction of sp³-hybridized carbons (Fsp3) is 0.778. The van der Waals surface area contributed by atoms with Gasteiger partial charge in [0.25, 0.3) is 0 Å². The minimum atomic E-state index is -0.618. The molecule has 0 aromatic carbocycles. The molecule has 340 valence electrons. The highest BCUT2D eigenvalue weighted by Gasteiger charge is 2.52. The molecule has 0 aromatic heterocycles. The second kappa shape index (κ2) is 21.3. The molecule has 6 rings (SSSR count). The lowest BCUT2D eigenvalue weighted by molar-refractivity contribution is 0.0717. The van der Waals surface area contributed by atoms with E-state index in [-0.39, 0.29) is 12.2 Å². The first-order chi connectivity index (χ1) is 28.3. The molecule has 6 aliphatic carbocycles. The lowest BCUT2D eigenvalue weighted by atomic mass is 9.60. The molecule has 0 bridgehead atoms. The van der Waals surface area contributed by atoms with Crippen molar-refractivity contribution >= 4 is 0 Å². The van der Waals surface area contributed by atoms with Crippen LogP contribution in [0.3, 0.4) is 0 Å². The smallest absolute Gasteiger partial charge is 0.0811 e. The number of aliphatic hydroxyl groups is 6. The normalized spacial score (nSPS) is 39.5. The highest BCUT2D eigenvalue weighted by atomic mass is 16.3. The van der Waals surface area contributed by atoms with Gasteiger partial charge >= 0.3 is 0 Å². The summed E-state index contributed by atoms with van der Waals surface area (Å²) in [6.45, 7) is 26.4. The van der Waals surface area contributed by atoms with E-state index in [2.05, 4.69) is 92.9 Å². The van der Waals surface area contributed by atoms with E-state index in [1.807, 2.05) is 0 Å². The van der Waals surface area contributed by atoms with Gasteiger partial charge in [-0.3, -0.25) is 0 Å². The van der Waals surface area contributed by atoms with Crippen molar-refractivity contribution in [3.05, 3.63) is 70.9 Å². The van der Waals surface area contributed by atoms with Crippen LogP contribution in [0.15, 0.2) is 70.9 Å². The summed E-state index contributed by atoms with van der Waals surface area (Å²) in [4.78, 5) is 0. The van der Waals surface area contributed by atoms with Crippen LogP contribution in [0.4, 0.5) is 0 Å². The Morgan fingerprint density at radius 2 is 0.933 bits per heavy atom. The highest BCUT2D eigenvalue weighted by molar-refractivity contribution is 5.40. The van der Waals surface area contributed by atoms with Crippen LogP contribution >= 0.6 is 0 Å². The Hall–Kier alpha value is -1.80. The zero-order valence-corrected chi connectivity index (χ0v) is 39.2. The molecule has 0 amide bonds. The largest absolute Gasteiger partial charge is 0.393 e. The Morgan fingerprint density at radius 3 is 1.28 bits per heavy atom. The van der Waals surface area contributed by atoms with Crippen molar-refractivity contribution in [2.75, 3.05) is 0 Å². The van der Waals surface area contributed by atoms with Crippen LogP contribution < -0.4 is 0 Å². The van der Waals surface area contributed by atoms with Crippen molar-refractivity contribution in [2.24, 2.45) is 58.2 Å². The van der Waals surface area contributed by atoms with Gasteiger partial charge in [0.15, 0.2) is 0 Å². The maximum Gasteiger partial charge on any atom is 0.0811 e. The van der Waals surface area contributed by atoms with Crippen molar-refractivity contribution in [1.29, 1.82) is 0 Å². The maximum absolute atomic E-state index is 10.3. The SMILES string of the molecule is C=C1/C(=C\C=C2/CCC[C@]3(C)[C@@H]([C@H](C)CC[C@@H](O)C(C)C)CC[C@@H]23)C[C@@H](O)C[C@@H]1O.C=C1/C(=C\C=C2/CCC[C@]3(C)[C@@H]([C@H](C)CC[C@@H](O)C(C)C)CC[C@@H]23)C[C@@H](O)C[C@@H]1O. The number of rotatable bonds is 12. The van der Waals surface area contributed by atoms with Crippen molar-refractivity contribution in [1.82, 2.24) is 0 Å². The highest BCUT2D eigenvalue weighted by Crippen LogP contribution is 2.61. The molecule has 0 heterocycles. The molecule has 0 aliphatic heterocycles. The van der Waals surface area contributed by atoms with Crippen LogP contribution in [0, 0.1) is 58.2 Å². The van der Waals surface area contributed by atoms with Crippen LogP contribution in [0.5, 0.6) is 0 Å². The molecular formula is C54H88O6. The monoisotopic (exact) mass is 833 g/mol. The van der Waals surface area contributed by atoms with E-state index in [4.69, 9.17) is 0 Å². The third-order valence-corrected chi connectivity index (χ3v) is 17.4. The summed E-state index contributed by atoms with van der Waals surface area (Å²) in [7, 11) is 0. The molecule has 60 heavy (non-hydrogen) atoms. The van der Waals surface area contributed by atoms with Crippen LogP contribution in [0.2, 0.25) is 0 Å². The second-order valence-corrected chi connectivity index (χ2v) is 22.1. The first-order valence-corrected chi connectivity index (χ1v) is 24.5. The summed E-state index contributed by atoms with van der Waals surface area (Å²) in [6, 6.07) is 0. The van der Waals surface area contributed by atoms with Gasteiger partial charge in [0.1, 0.15) is 0 Å². The van der Waals surface area contributed by atoms with Gasteiger partial charge in [-0.05, 0) is 183 Å². The molecule has 6 heteroatoms. The number of hydrogen-bond acceptors (Lipinski definition) is 6. The molecule has 0 radical (unpaired) electrons. The topological polar surface area (TPSA) is 121 Å². The van der Waals surface area contributed by atoms with Gasteiger partial charge in [0.2, 0.25) is 0 Å². The molecule has 14 atom stereocenters. The average Bonchev–Trinajstić information content (AvgIpc) is 3.74. The molecule has 0 saturated heterocycles. The Balaban J connectivity index is 0.000000228. The van der Waals surface area contributed by atoms with E-state index in [9.17, 15) is 30.6 Å². The molecule has 0 unspecified atom stereocenters. The molecule has 0 aromatic rings. The first kappa shape index (κ1) is 49.2. The number of aliphatic hydroxyl groups excluding tert-OH is 6. The van der Waals surface area contributed by atoms with E-state index < -0.39 is 24.4 Å². The van der Waals surface area contributed by atoms with E-state index in [0.29, 0.717) is 72.0 Å². The standard InChI is InChI=1S/2C27H44O3/c2*1-17(2)25(29)13-8-18(3)23-11-12-24-20(7-6-14-27(23,24)5)9-10-21-15-22(28)16-26(30)19(21)4/h2*9-10,17-18,22-26,28-30H,4,6-8,11-16H2,1-3,5H3/b2*20-9+,21-10-/t2*18-,22-,23-,24+,25-,26+,27-/m11/s1. The Kier molecular flexibility index (Phi) is 17.4. The summed E-state index contributed by atoms with van der Waals surface area (Å²) >= 11 is 0. The summed E-state index contributed by atoms with van der Waals surface area (Å²) in [6.07, 6.45) is 24.9. The number of hydrogen-bond donors (Lipinski definition) is 6. The van der Waals surface area contributed by atoms with Gasteiger partial charge in [0.05, 0.1) is 36.6 Å². The molecule has 6 fully saturated rings. The lowest BCUT2D eigenvalue weighted by Crippen LogP contribution is -2.36. The van der Waals surface area contributed by atoms with Gasteiger partial charge in [0, 0.05) is 12.8 Å². The Bertz CT molecular complexity index is 1470. The summed E-state index contributed by atoms with van der Waals surface area (Å²) in [5, 5.41) is 60.8. The predicted octanol–water partition coefficient (Wildman–Crippen LogP) is 11.1. The molecule has 6 saturated carbocycles. The van der Waals surface area contributed by atoms with Gasteiger partial charge in [-0.2, -0.15) is 0 Å². The zero-order valence-electron chi connectivity index (χ0n) is 39.2. The van der Waals surface area contributed by atoms with Crippen molar-refractivity contribution in [3.63, 3.8) is 0 Å². The third-order valence-electron chi connectivity index (χ3n) is 17.4. The average molecular weight is 833 g/mol. The molecule has 6 N–H and O–H groups in total. The fourth-order valence-corrected chi connectivity index (χ4v) is 13.3. The third kappa shape index (κ3) is 11.5. The van der Waals surface area contributed by atoms with Crippen LogP contribution in [0.1, 0.15) is 171 Å². The van der Waals surface area contributed by atoms with E-state index in [1.165, 1.54) is 51.4 Å². The minimum Gasteiger partial charge on any atom is -0.393 e. The Labute approximate surface area is 366 Å². The molecule has 6 aliphatic rings. The van der Waals surface area contributed by atoms with Gasteiger partial charge in [-0.1, -0.05) is 104 Å². The predicted molar refractivity (Wildman–Crippen MR) is 248 cm³/mol. The summed E-state index contributed by atoms with van der Waals surface area (Å²) < 4.78 is 0. The quantitative estimate of drug-likeness (QED) is 0.116. The lowest BCUT2D eigenvalue weighted by Gasteiger charge is -2.44. The van der Waals surface area contributed by atoms with Crippen LogP contribution in [-0.4, -0.2) is 67.3 Å². The van der Waals surface area contributed by atoms with Gasteiger partial charge < -0.3 is 30.6 Å². The van der Waals surface area contributed by atoms with Crippen molar-refractivity contribution in [2.45, 2.75) is 208 Å². The Morgan fingerprint density at radius 1 is 0.567 bits per heavy atom. The van der Waals surface area contributed by atoms with Crippen LogP contribution in [-0.2, 0) is 0 Å².